The molecular formula is C7H17NS. The van der Waals surface area contributed by atoms with Gasteiger partial charge in [-0.15, -0.1) is 0 Å². The molecule has 0 saturated heterocycles. The molecule has 0 aliphatic carbocycles. The summed E-state index contributed by atoms with van der Waals surface area (Å²) in [5.41, 5.74) is 0. The summed E-state index contributed by atoms with van der Waals surface area (Å²) >= 11 is 1.85. The summed E-state index contributed by atoms with van der Waals surface area (Å²) in [4.78, 5) is 0. The summed E-state index contributed by atoms with van der Waals surface area (Å²) in [6.07, 6.45) is 2.61. The molecule has 0 spiro atoms. The standard InChI is InChI=1S/C7H17NS/c1-4-6-7(3)9-8-5-2/h7-8H,4-6H2,1-3H3. The Hall–Kier alpha value is 0.310. The van der Waals surface area contributed by atoms with Crippen molar-refractivity contribution in [3.05, 3.63) is 0 Å². The van der Waals surface area contributed by atoms with E-state index < -0.39 is 0 Å². The van der Waals surface area contributed by atoms with E-state index in [1.165, 1.54) is 12.8 Å². The fraction of sp³-hybridized carbons (Fsp3) is 1.00. The van der Waals surface area contributed by atoms with Gasteiger partial charge in [-0.2, -0.15) is 0 Å². The molecule has 0 heterocycles. The quantitative estimate of drug-likeness (QED) is 0.599. The van der Waals surface area contributed by atoms with Crippen LogP contribution in [0.3, 0.4) is 0 Å². The van der Waals surface area contributed by atoms with Crippen molar-refractivity contribution in [1.29, 1.82) is 0 Å². The van der Waals surface area contributed by atoms with Gasteiger partial charge in [-0.25, -0.2) is 0 Å². The first kappa shape index (κ1) is 9.31. The van der Waals surface area contributed by atoms with E-state index in [4.69, 9.17) is 0 Å². The van der Waals surface area contributed by atoms with E-state index in [0.717, 1.165) is 11.8 Å². The maximum atomic E-state index is 3.25. The Balaban J connectivity index is 2.95. The van der Waals surface area contributed by atoms with Gasteiger partial charge in [0, 0.05) is 11.8 Å². The molecule has 56 valence electrons. The highest BCUT2D eigenvalue weighted by atomic mass is 32.2. The zero-order chi connectivity index (χ0) is 7.11. The lowest BCUT2D eigenvalue weighted by Gasteiger charge is -2.07. The minimum absolute atomic E-state index is 0.773. The van der Waals surface area contributed by atoms with Crippen LogP contribution < -0.4 is 4.72 Å². The monoisotopic (exact) mass is 147 g/mol. The van der Waals surface area contributed by atoms with E-state index in [1.807, 2.05) is 11.9 Å². The molecule has 0 saturated carbocycles. The lowest BCUT2D eigenvalue weighted by Crippen LogP contribution is -2.08. The maximum absolute atomic E-state index is 3.25. The van der Waals surface area contributed by atoms with Crippen LogP contribution in [0.15, 0.2) is 0 Å². The van der Waals surface area contributed by atoms with Crippen molar-refractivity contribution in [3.63, 3.8) is 0 Å². The molecule has 0 aromatic carbocycles. The lowest BCUT2D eigenvalue weighted by molar-refractivity contribution is 0.782. The molecule has 1 unspecified atom stereocenters. The highest BCUT2D eigenvalue weighted by molar-refractivity contribution is 7.98. The minimum atomic E-state index is 0.773. The van der Waals surface area contributed by atoms with Gasteiger partial charge in [0.05, 0.1) is 0 Å². The molecule has 0 aromatic rings. The lowest BCUT2D eigenvalue weighted by atomic mass is 10.3. The molecular weight excluding hydrogens is 130 g/mol. The number of hydrogen-bond acceptors (Lipinski definition) is 2. The Morgan fingerprint density at radius 2 is 2.11 bits per heavy atom. The van der Waals surface area contributed by atoms with Gasteiger partial charge >= 0.3 is 0 Å². The summed E-state index contributed by atoms with van der Waals surface area (Å²) in [5.74, 6) is 0. The SMILES string of the molecule is CCCC(C)SNCC. The van der Waals surface area contributed by atoms with Crippen LogP contribution in [0.25, 0.3) is 0 Å². The fourth-order valence-electron chi connectivity index (χ4n) is 0.691. The number of nitrogens with one attached hydrogen (secondary N) is 1. The van der Waals surface area contributed by atoms with Crippen LogP contribution >= 0.6 is 11.9 Å². The third-order valence-corrected chi connectivity index (χ3v) is 2.22. The van der Waals surface area contributed by atoms with Crippen LogP contribution in [0.1, 0.15) is 33.6 Å². The van der Waals surface area contributed by atoms with Crippen LogP contribution in [-0.4, -0.2) is 11.8 Å². The van der Waals surface area contributed by atoms with Crippen molar-refractivity contribution in [2.45, 2.75) is 38.9 Å². The first-order valence-corrected chi connectivity index (χ1v) is 4.57. The largest absolute Gasteiger partial charge is 0.264 e. The predicted molar refractivity (Wildman–Crippen MR) is 45.6 cm³/mol. The van der Waals surface area contributed by atoms with Gasteiger partial charge < -0.3 is 0 Å². The molecule has 0 bridgehead atoms. The molecule has 9 heavy (non-hydrogen) atoms. The normalized spacial score (nSPS) is 13.7. The number of hydrogen-bond donors (Lipinski definition) is 1. The van der Waals surface area contributed by atoms with E-state index in [9.17, 15) is 0 Å². The van der Waals surface area contributed by atoms with Crippen LogP contribution in [0.5, 0.6) is 0 Å². The predicted octanol–water partition coefficient (Wildman–Crippen LogP) is 2.43. The molecule has 0 fully saturated rings. The van der Waals surface area contributed by atoms with Gasteiger partial charge in [0.2, 0.25) is 0 Å². The van der Waals surface area contributed by atoms with Gasteiger partial charge in [-0.1, -0.05) is 39.1 Å². The average Bonchev–Trinajstić information content (AvgIpc) is 1.85. The second-order valence-electron chi connectivity index (χ2n) is 2.22. The van der Waals surface area contributed by atoms with Crippen molar-refractivity contribution in [2.24, 2.45) is 0 Å². The molecule has 1 nitrogen and oxygen atoms in total. The van der Waals surface area contributed by atoms with Gasteiger partial charge in [0.25, 0.3) is 0 Å². The van der Waals surface area contributed by atoms with Crippen molar-refractivity contribution in [1.82, 2.24) is 4.72 Å². The van der Waals surface area contributed by atoms with Gasteiger partial charge in [0.1, 0.15) is 0 Å². The highest BCUT2D eigenvalue weighted by Gasteiger charge is 1.97. The highest BCUT2D eigenvalue weighted by Crippen LogP contribution is 2.10. The number of rotatable bonds is 5. The zero-order valence-corrected chi connectivity index (χ0v) is 7.42. The minimum Gasteiger partial charge on any atom is -0.264 e. The fourth-order valence-corrected chi connectivity index (χ4v) is 1.50. The summed E-state index contributed by atoms with van der Waals surface area (Å²) in [5, 5.41) is 0.773. The Kier molecular flexibility index (Phi) is 6.65. The van der Waals surface area contributed by atoms with E-state index in [-0.39, 0.29) is 0 Å². The maximum Gasteiger partial charge on any atom is 0.0164 e. The van der Waals surface area contributed by atoms with E-state index >= 15 is 0 Å². The molecule has 0 aliphatic heterocycles. The smallest absolute Gasteiger partial charge is 0.0164 e. The summed E-state index contributed by atoms with van der Waals surface area (Å²) in [7, 11) is 0. The Morgan fingerprint density at radius 3 is 2.56 bits per heavy atom. The van der Waals surface area contributed by atoms with Crippen LogP contribution in [0, 0.1) is 0 Å². The average molecular weight is 147 g/mol. The molecule has 1 N–H and O–H groups in total. The Labute approximate surface area is 62.7 Å². The molecule has 2 heteroatoms. The topological polar surface area (TPSA) is 12.0 Å². The van der Waals surface area contributed by atoms with Crippen molar-refractivity contribution in [3.8, 4) is 0 Å². The van der Waals surface area contributed by atoms with Crippen LogP contribution in [-0.2, 0) is 0 Å². The summed E-state index contributed by atoms with van der Waals surface area (Å²) in [6, 6.07) is 0. The molecule has 0 amide bonds. The first-order valence-electron chi connectivity index (χ1n) is 3.69. The van der Waals surface area contributed by atoms with E-state index in [2.05, 4.69) is 25.5 Å². The summed E-state index contributed by atoms with van der Waals surface area (Å²) < 4.78 is 3.25. The third kappa shape index (κ3) is 6.19. The second-order valence-corrected chi connectivity index (χ2v) is 3.54. The molecule has 0 aromatic heterocycles. The Bertz CT molecular complexity index is 56.9. The van der Waals surface area contributed by atoms with Gasteiger partial charge in [0.15, 0.2) is 0 Å². The molecule has 0 radical (unpaired) electrons. The van der Waals surface area contributed by atoms with Crippen molar-refractivity contribution < 1.29 is 0 Å². The van der Waals surface area contributed by atoms with E-state index in [1.54, 1.807) is 0 Å². The second kappa shape index (κ2) is 6.43. The Morgan fingerprint density at radius 1 is 1.44 bits per heavy atom. The first-order chi connectivity index (χ1) is 4.31. The van der Waals surface area contributed by atoms with Crippen LogP contribution in [0.4, 0.5) is 0 Å². The zero-order valence-electron chi connectivity index (χ0n) is 6.61. The summed E-state index contributed by atoms with van der Waals surface area (Å²) in [6.45, 7) is 7.68. The molecule has 0 rings (SSSR count). The third-order valence-electron chi connectivity index (χ3n) is 1.12. The van der Waals surface area contributed by atoms with Gasteiger partial charge in [-0.05, 0) is 6.42 Å². The van der Waals surface area contributed by atoms with E-state index in [0.29, 0.717) is 0 Å². The van der Waals surface area contributed by atoms with Crippen molar-refractivity contribution in [2.75, 3.05) is 6.54 Å². The molecule has 0 aliphatic rings. The van der Waals surface area contributed by atoms with Gasteiger partial charge in [-0.3, -0.25) is 4.72 Å². The van der Waals surface area contributed by atoms with Crippen LogP contribution in [0.2, 0.25) is 0 Å². The van der Waals surface area contributed by atoms with Crippen molar-refractivity contribution >= 4 is 11.9 Å². The molecule has 1 atom stereocenters.